The van der Waals surface area contributed by atoms with E-state index >= 15 is 0 Å². The molecule has 1 N–H and O–H groups in total. The van der Waals surface area contributed by atoms with Crippen LogP contribution in [0.5, 0.6) is 0 Å². The summed E-state index contributed by atoms with van der Waals surface area (Å²) in [7, 11) is -3.62. The molecule has 0 aliphatic carbocycles. The van der Waals surface area contributed by atoms with Crippen LogP contribution in [0.4, 0.5) is 11.4 Å². The minimum absolute atomic E-state index is 0.253. The Morgan fingerprint density at radius 1 is 1.24 bits per heavy atom. The molecule has 1 saturated heterocycles. The summed E-state index contributed by atoms with van der Waals surface area (Å²) < 4.78 is 31.3. The molecule has 0 atom stereocenters. The van der Waals surface area contributed by atoms with E-state index in [2.05, 4.69) is 10.2 Å². The number of hydrogen-bond donors (Lipinski definition) is 1. The average Bonchev–Trinajstić information content (AvgIpc) is 2.51. The van der Waals surface area contributed by atoms with Crippen molar-refractivity contribution in [2.75, 3.05) is 48.3 Å². The van der Waals surface area contributed by atoms with Gasteiger partial charge in [0, 0.05) is 18.6 Å². The fourth-order valence-corrected chi connectivity index (χ4v) is 3.58. The molecule has 1 fully saturated rings. The summed E-state index contributed by atoms with van der Waals surface area (Å²) in [6.07, 6.45) is 1.12. The number of sulfonamides is 1. The molecule has 8 heteroatoms. The number of carbonyl (C=O) groups excluding carboxylic acids is 1. The Morgan fingerprint density at radius 3 is 2.40 bits per heavy atom. The summed E-state index contributed by atoms with van der Waals surface area (Å²) in [5, 5.41) is 2.81. The van der Waals surface area contributed by atoms with Crippen LogP contribution in [-0.2, 0) is 19.6 Å². The lowest BCUT2D eigenvalue weighted by Gasteiger charge is -2.33. The number of rotatable bonds is 5. The van der Waals surface area contributed by atoms with Gasteiger partial charge in [-0.3, -0.25) is 9.10 Å². The molecular weight excluding hydrogens is 342 g/mol. The lowest BCUT2D eigenvalue weighted by Crippen LogP contribution is -2.47. The van der Waals surface area contributed by atoms with Crippen molar-refractivity contribution in [2.24, 2.45) is 0 Å². The normalized spacial score (nSPS) is 15.8. The number of anilines is 2. The van der Waals surface area contributed by atoms with Crippen LogP contribution in [-0.4, -0.2) is 59.0 Å². The number of hydrogen-bond acceptors (Lipinski definition) is 5. The van der Waals surface area contributed by atoms with Crippen LogP contribution >= 0.6 is 0 Å². The number of carbonyl (C=O) groups is 1. The van der Waals surface area contributed by atoms with E-state index in [0.717, 1.165) is 11.9 Å². The van der Waals surface area contributed by atoms with Gasteiger partial charge in [-0.2, -0.15) is 0 Å². The fraction of sp³-hybridized carbons (Fsp3) is 0.588. The molecule has 140 valence electrons. The summed E-state index contributed by atoms with van der Waals surface area (Å²) in [6.45, 7) is 7.88. The number of ether oxygens (including phenoxy) is 1. The van der Waals surface area contributed by atoms with Crippen LogP contribution in [0, 0.1) is 0 Å². The van der Waals surface area contributed by atoms with Crippen molar-refractivity contribution < 1.29 is 17.9 Å². The zero-order chi connectivity index (χ0) is 18.7. The van der Waals surface area contributed by atoms with E-state index in [1.165, 1.54) is 4.31 Å². The first-order chi connectivity index (χ1) is 11.6. The van der Waals surface area contributed by atoms with Crippen molar-refractivity contribution in [1.82, 2.24) is 5.32 Å². The average molecular weight is 369 g/mol. The Balaban J connectivity index is 2.34. The molecule has 0 unspecified atom stereocenters. The maximum Gasteiger partial charge on any atom is 0.241 e. The predicted octanol–water partition coefficient (Wildman–Crippen LogP) is 1.20. The maximum atomic E-state index is 12.4. The van der Waals surface area contributed by atoms with Crippen LogP contribution in [0.1, 0.15) is 20.8 Å². The molecular formula is C17H27N3O4S. The Kier molecular flexibility index (Phi) is 5.95. The highest BCUT2D eigenvalue weighted by Crippen LogP contribution is 2.31. The maximum absolute atomic E-state index is 12.4. The van der Waals surface area contributed by atoms with E-state index in [1.807, 2.05) is 32.9 Å². The van der Waals surface area contributed by atoms with Gasteiger partial charge < -0.3 is 15.0 Å². The molecule has 1 amide bonds. The van der Waals surface area contributed by atoms with Crippen molar-refractivity contribution in [3.63, 3.8) is 0 Å². The third-order valence-corrected chi connectivity index (χ3v) is 4.83. The number of nitrogens with zero attached hydrogens (tertiary/aromatic N) is 2. The Labute approximate surface area is 150 Å². The molecule has 2 rings (SSSR count). The van der Waals surface area contributed by atoms with Crippen molar-refractivity contribution in [1.29, 1.82) is 0 Å². The highest BCUT2D eigenvalue weighted by molar-refractivity contribution is 7.92. The fourth-order valence-electron chi connectivity index (χ4n) is 2.72. The molecule has 0 bridgehead atoms. The quantitative estimate of drug-likeness (QED) is 0.844. The first-order valence-corrected chi connectivity index (χ1v) is 10.1. The molecule has 25 heavy (non-hydrogen) atoms. The number of morpholine rings is 1. The van der Waals surface area contributed by atoms with Crippen LogP contribution in [0.3, 0.4) is 0 Å². The van der Waals surface area contributed by atoms with E-state index in [-0.39, 0.29) is 12.5 Å². The van der Waals surface area contributed by atoms with Gasteiger partial charge in [-0.15, -0.1) is 0 Å². The van der Waals surface area contributed by atoms with Gasteiger partial charge in [0.05, 0.1) is 30.8 Å². The molecule has 1 aliphatic rings. The molecule has 0 radical (unpaired) electrons. The van der Waals surface area contributed by atoms with Crippen molar-refractivity contribution in [2.45, 2.75) is 26.3 Å². The third-order valence-electron chi connectivity index (χ3n) is 3.70. The van der Waals surface area contributed by atoms with Gasteiger partial charge >= 0.3 is 0 Å². The van der Waals surface area contributed by atoms with Crippen molar-refractivity contribution in [3.05, 3.63) is 24.3 Å². The Bertz CT molecular complexity index is 707. The lowest BCUT2D eigenvalue weighted by molar-refractivity contribution is -0.121. The van der Waals surface area contributed by atoms with E-state index in [9.17, 15) is 13.2 Å². The number of para-hydroxylation sites is 2. The number of benzene rings is 1. The molecule has 1 heterocycles. The van der Waals surface area contributed by atoms with Gasteiger partial charge in [0.1, 0.15) is 6.54 Å². The number of amides is 1. The summed E-state index contributed by atoms with van der Waals surface area (Å²) in [4.78, 5) is 14.4. The minimum atomic E-state index is -3.62. The molecule has 0 aromatic heterocycles. The summed E-state index contributed by atoms with van der Waals surface area (Å²) in [5.41, 5.74) is 0.875. The van der Waals surface area contributed by atoms with E-state index in [4.69, 9.17) is 4.74 Å². The summed E-state index contributed by atoms with van der Waals surface area (Å²) >= 11 is 0. The first-order valence-electron chi connectivity index (χ1n) is 8.28. The first kappa shape index (κ1) is 19.5. The van der Waals surface area contributed by atoms with Crippen LogP contribution in [0.25, 0.3) is 0 Å². The second-order valence-electron chi connectivity index (χ2n) is 7.16. The third kappa shape index (κ3) is 5.61. The highest BCUT2D eigenvalue weighted by Gasteiger charge is 2.27. The number of nitrogens with one attached hydrogen (secondary N) is 1. The van der Waals surface area contributed by atoms with Crippen LogP contribution in [0.2, 0.25) is 0 Å². The molecule has 7 nitrogen and oxygen atoms in total. The van der Waals surface area contributed by atoms with Gasteiger partial charge in [-0.25, -0.2) is 8.42 Å². The summed E-state index contributed by atoms with van der Waals surface area (Å²) in [6, 6.07) is 7.25. The smallest absolute Gasteiger partial charge is 0.241 e. The topological polar surface area (TPSA) is 79.0 Å². The van der Waals surface area contributed by atoms with Crippen molar-refractivity contribution in [3.8, 4) is 0 Å². The van der Waals surface area contributed by atoms with Gasteiger partial charge in [0.25, 0.3) is 0 Å². The Hall–Kier alpha value is -1.80. The van der Waals surface area contributed by atoms with Crippen molar-refractivity contribution >= 4 is 27.3 Å². The molecule has 0 saturated carbocycles. The molecule has 1 aromatic carbocycles. The largest absolute Gasteiger partial charge is 0.378 e. The van der Waals surface area contributed by atoms with Gasteiger partial charge in [0.15, 0.2) is 0 Å². The monoisotopic (exact) mass is 369 g/mol. The minimum Gasteiger partial charge on any atom is -0.378 e. The molecule has 1 aliphatic heterocycles. The van der Waals surface area contributed by atoms with E-state index in [1.54, 1.807) is 12.1 Å². The van der Waals surface area contributed by atoms with Crippen LogP contribution in [0.15, 0.2) is 24.3 Å². The lowest BCUT2D eigenvalue weighted by atomic mass is 10.1. The SMILES string of the molecule is CC(C)(C)NC(=O)CN(c1ccccc1N1CCOCC1)S(C)(=O)=O. The molecule has 1 aromatic rings. The standard InChI is InChI=1S/C17H27N3O4S/c1-17(2,3)18-16(21)13-20(25(4,22)23)15-8-6-5-7-14(15)19-9-11-24-12-10-19/h5-8H,9-13H2,1-4H3,(H,18,21). The highest BCUT2D eigenvalue weighted by atomic mass is 32.2. The van der Waals surface area contributed by atoms with E-state index in [0.29, 0.717) is 32.0 Å². The predicted molar refractivity (Wildman–Crippen MR) is 99.6 cm³/mol. The van der Waals surface area contributed by atoms with Gasteiger partial charge in [-0.1, -0.05) is 12.1 Å². The van der Waals surface area contributed by atoms with E-state index < -0.39 is 15.6 Å². The second kappa shape index (κ2) is 7.61. The van der Waals surface area contributed by atoms with Crippen LogP contribution < -0.4 is 14.5 Å². The van der Waals surface area contributed by atoms with Gasteiger partial charge in [0.2, 0.25) is 15.9 Å². The zero-order valence-electron chi connectivity index (χ0n) is 15.3. The van der Waals surface area contributed by atoms with Gasteiger partial charge in [-0.05, 0) is 32.9 Å². The zero-order valence-corrected chi connectivity index (χ0v) is 16.1. The molecule has 0 spiro atoms. The second-order valence-corrected chi connectivity index (χ2v) is 9.06. The summed E-state index contributed by atoms with van der Waals surface area (Å²) in [5.74, 6) is -0.338. The Morgan fingerprint density at radius 2 is 1.84 bits per heavy atom.